The number of amides is 1. The molecule has 0 aliphatic heterocycles. The van der Waals surface area contributed by atoms with E-state index in [9.17, 15) is 4.79 Å². The lowest BCUT2D eigenvalue weighted by atomic mass is 10.2. The van der Waals surface area contributed by atoms with Crippen LogP contribution in [0.5, 0.6) is 0 Å². The number of halogens is 1. The molecule has 1 amide bonds. The summed E-state index contributed by atoms with van der Waals surface area (Å²) >= 11 is 3.38. The summed E-state index contributed by atoms with van der Waals surface area (Å²) in [4.78, 5) is 19.8. The Balaban J connectivity index is 1.75. The van der Waals surface area contributed by atoms with Gasteiger partial charge in [-0.05, 0) is 24.3 Å². The van der Waals surface area contributed by atoms with Gasteiger partial charge in [0.2, 0.25) is 0 Å². The van der Waals surface area contributed by atoms with Gasteiger partial charge in [-0.1, -0.05) is 15.9 Å². The second-order valence-corrected chi connectivity index (χ2v) is 5.14. The number of hydrogen-bond acceptors (Lipinski definition) is 4. The molecule has 1 N–H and O–H groups in total. The van der Waals surface area contributed by atoms with Gasteiger partial charge in [0.1, 0.15) is 11.9 Å². The molecule has 2 heterocycles. The molecule has 0 fully saturated rings. The van der Waals surface area contributed by atoms with Crippen LogP contribution < -0.4 is 5.32 Å². The summed E-state index contributed by atoms with van der Waals surface area (Å²) in [5, 5.41) is 3.65. The fraction of sp³-hybridized carbons (Fsp3) is 0.0714. The number of benzene rings is 1. The number of aromatic nitrogens is 2. The van der Waals surface area contributed by atoms with E-state index < -0.39 is 0 Å². The number of carbonyl (C=O) groups is 1. The maximum atomic E-state index is 12.0. The molecule has 3 rings (SSSR count). The number of hydrogen-bond donors (Lipinski definition) is 1. The maximum Gasteiger partial charge on any atom is 0.287 e. The molecule has 0 aliphatic rings. The zero-order valence-corrected chi connectivity index (χ0v) is 11.9. The molecule has 0 aliphatic carbocycles. The minimum atomic E-state index is -0.263. The predicted molar refractivity (Wildman–Crippen MR) is 77.1 cm³/mol. The molecular formula is C14H10BrN3O2. The van der Waals surface area contributed by atoms with E-state index in [0.29, 0.717) is 12.1 Å². The van der Waals surface area contributed by atoms with Gasteiger partial charge in [0, 0.05) is 34.4 Å². The van der Waals surface area contributed by atoms with E-state index >= 15 is 0 Å². The van der Waals surface area contributed by atoms with Crippen LogP contribution >= 0.6 is 15.9 Å². The Hall–Kier alpha value is -2.21. The summed E-state index contributed by atoms with van der Waals surface area (Å²) in [6.45, 7) is 0.362. The predicted octanol–water partition coefficient (Wildman–Crippen LogP) is 2.92. The van der Waals surface area contributed by atoms with E-state index in [1.54, 1.807) is 18.5 Å². The third-order valence-electron chi connectivity index (χ3n) is 2.77. The molecule has 2 aromatic heterocycles. The quantitative estimate of drug-likeness (QED) is 0.801. The van der Waals surface area contributed by atoms with Crippen LogP contribution in [-0.2, 0) is 6.54 Å². The summed E-state index contributed by atoms with van der Waals surface area (Å²) in [7, 11) is 0. The van der Waals surface area contributed by atoms with Crippen LogP contribution in [0.3, 0.4) is 0 Å². The average Bonchev–Trinajstić information content (AvgIpc) is 2.89. The van der Waals surface area contributed by atoms with Crippen molar-refractivity contribution in [1.82, 2.24) is 15.3 Å². The molecule has 0 saturated heterocycles. The van der Waals surface area contributed by atoms with Crippen molar-refractivity contribution < 1.29 is 9.21 Å². The largest absolute Gasteiger partial charge is 0.451 e. The van der Waals surface area contributed by atoms with E-state index in [2.05, 4.69) is 31.2 Å². The number of fused-ring (bicyclic) bond motifs is 1. The highest BCUT2D eigenvalue weighted by atomic mass is 79.9. The van der Waals surface area contributed by atoms with Crippen molar-refractivity contribution >= 4 is 32.8 Å². The van der Waals surface area contributed by atoms with Gasteiger partial charge in [-0.25, -0.2) is 9.97 Å². The SMILES string of the molecule is O=C(NCc1cncnc1)c1cc2cc(Br)ccc2o1. The molecule has 0 unspecified atom stereocenters. The van der Waals surface area contributed by atoms with Crippen LogP contribution in [-0.4, -0.2) is 15.9 Å². The zero-order valence-electron chi connectivity index (χ0n) is 10.3. The van der Waals surface area contributed by atoms with Crippen molar-refractivity contribution in [3.05, 3.63) is 58.8 Å². The van der Waals surface area contributed by atoms with Gasteiger partial charge in [-0.2, -0.15) is 0 Å². The van der Waals surface area contributed by atoms with Crippen LogP contribution in [0.4, 0.5) is 0 Å². The van der Waals surface area contributed by atoms with Crippen molar-refractivity contribution in [2.24, 2.45) is 0 Å². The number of carbonyl (C=O) groups excluding carboxylic acids is 1. The van der Waals surface area contributed by atoms with Crippen molar-refractivity contribution in [3.63, 3.8) is 0 Å². The lowest BCUT2D eigenvalue weighted by Crippen LogP contribution is -2.22. The highest BCUT2D eigenvalue weighted by Crippen LogP contribution is 2.23. The molecule has 3 aromatic rings. The van der Waals surface area contributed by atoms with E-state index in [-0.39, 0.29) is 11.7 Å². The smallest absolute Gasteiger partial charge is 0.287 e. The Labute approximate surface area is 123 Å². The third-order valence-corrected chi connectivity index (χ3v) is 3.26. The van der Waals surface area contributed by atoms with E-state index in [1.165, 1.54) is 6.33 Å². The van der Waals surface area contributed by atoms with Crippen LogP contribution in [0, 0.1) is 0 Å². The summed E-state index contributed by atoms with van der Waals surface area (Å²) in [5.41, 5.74) is 1.51. The standard InChI is InChI=1S/C14H10BrN3O2/c15-11-1-2-12-10(3-11)4-13(20-12)14(19)18-7-9-5-16-8-17-6-9/h1-6,8H,7H2,(H,18,19). The van der Waals surface area contributed by atoms with Gasteiger partial charge >= 0.3 is 0 Å². The van der Waals surface area contributed by atoms with Crippen molar-refractivity contribution in [3.8, 4) is 0 Å². The number of nitrogens with zero attached hydrogens (tertiary/aromatic N) is 2. The van der Waals surface area contributed by atoms with E-state index in [1.807, 2.05) is 18.2 Å². The first-order chi connectivity index (χ1) is 9.72. The highest BCUT2D eigenvalue weighted by Gasteiger charge is 2.12. The Morgan fingerprint density at radius 2 is 2.05 bits per heavy atom. The second kappa shape index (κ2) is 5.42. The first-order valence-corrected chi connectivity index (χ1v) is 6.73. The minimum absolute atomic E-state index is 0.263. The van der Waals surface area contributed by atoms with Gasteiger partial charge in [0.15, 0.2) is 5.76 Å². The monoisotopic (exact) mass is 331 g/mol. The molecule has 0 spiro atoms. The number of furan rings is 1. The average molecular weight is 332 g/mol. The number of nitrogens with one attached hydrogen (secondary N) is 1. The number of rotatable bonds is 3. The maximum absolute atomic E-state index is 12.0. The van der Waals surface area contributed by atoms with Crippen molar-refractivity contribution in [1.29, 1.82) is 0 Å². The summed E-state index contributed by atoms with van der Waals surface area (Å²) in [6, 6.07) is 7.31. The molecule has 0 bridgehead atoms. The molecule has 1 aromatic carbocycles. The van der Waals surface area contributed by atoms with Gasteiger partial charge in [0.05, 0.1) is 0 Å². The van der Waals surface area contributed by atoms with Crippen molar-refractivity contribution in [2.45, 2.75) is 6.54 Å². The summed E-state index contributed by atoms with van der Waals surface area (Å²) in [5.74, 6) is 0.0242. The normalized spacial score (nSPS) is 10.7. The minimum Gasteiger partial charge on any atom is -0.451 e. The van der Waals surface area contributed by atoms with Gasteiger partial charge < -0.3 is 9.73 Å². The molecule has 0 radical (unpaired) electrons. The van der Waals surface area contributed by atoms with Crippen LogP contribution in [0.15, 0.2) is 51.9 Å². The van der Waals surface area contributed by atoms with E-state index in [4.69, 9.17) is 4.42 Å². The lowest BCUT2D eigenvalue weighted by Gasteiger charge is -2.01. The Morgan fingerprint density at radius 1 is 1.25 bits per heavy atom. The Kier molecular flexibility index (Phi) is 3.47. The first-order valence-electron chi connectivity index (χ1n) is 5.93. The first kappa shape index (κ1) is 12.8. The third kappa shape index (κ3) is 2.70. The second-order valence-electron chi connectivity index (χ2n) is 4.22. The fourth-order valence-electron chi connectivity index (χ4n) is 1.82. The molecule has 100 valence electrons. The Morgan fingerprint density at radius 3 is 2.85 bits per heavy atom. The topological polar surface area (TPSA) is 68.0 Å². The molecule has 0 atom stereocenters. The van der Waals surface area contributed by atoms with E-state index in [0.717, 1.165) is 15.4 Å². The summed E-state index contributed by atoms with van der Waals surface area (Å²) < 4.78 is 6.45. The van der Waals surface area contributed by atoms with Crippen LogP contribution in [0.2, 0.25) is 0 Å². The van der Waals surface area contributed by atoms with Crippen LogP contribution in [0.1, 0.15) is 16.1 Å². The fourth-order valence-corrected chi connectivity index (χ4v) is 2.20. The van der Waals surface area contributed by atoms with Gasteiger partial charge in [-0.3, -0.25) is 4.79 Å². The zero-order chi connectivity index (χ0) is 13.9. The molecule has 20 heavy (non-hydrogen) atoms. The molecule has 0 saturated carbocycles. The molecule has 6 heteroatoms. The summed E-state index contributed by atoms with van der Waals surface area (Å²) in [6.07, 6.45) is 4.76. The van der Waals surface area contributed by atoms with Gasteiger partial charge in [-0.15, -0.1) is 0 Å². The molecule has 5 nitrogen and oxygen atoms in total. The highest BCUT2D eigenvalue weighted by molar-refractivity contribution is 9.10. The molecular weight excluding hydrogens is 322 g/mol. The lowest BCUT2D eigenvalue weighted by molar-refractivity contribution is 0.0925. The van der Waals surface area contributed by atoms with Crippen molar-refractivity contribution in [2.75, 3.05) is 0 Å². The van der Waals surface area contributed by atoms with Crippen LogP contribution in [0.25, 0.3) is 11.0 Å². The van der Waals surface area contributed by atoms with Gasteiger partial charge in [0.25, 0.3) is 5.91 Å². The Bertz CT molecular complexity index is 755.